The van der Waals surface area contributed by atoms with Crippen LogP contribution in [0.4, 0.5) is 22.0 Å². The molecule has 0 spiro atoms. The van der Waals surface area contributed by atoms with Gasteiger partial charge in [-0.1, -0.05) is 0 Å². The van der Waals surface area contributed by atoms with Crippen LogP contribution in [-0.4, -0.2) is 42.9 Å². The van der Waals surface area contributed by atoms with E-state index >= 15 is 0 Å². The molecule has 2 heterocycles. The number of aromatic nitrogens is 1. The van der Waals surface area contributed by atoms with Crippen molar-refractivity contribution in [2.24, 2.45) is 0 Å². The Labute approximate surface area is 169 Å². The van der Waals surface area contributed by atoms with Crippen molar-refractivity contribution in [3.05, 3.63) is 47.2 Å². The Morgan fingerprint density at radius 1 is 1.27 bits per heavy atom. The van der Waals surface area contributed by atoms with Gasteiger partial charge in [-0.25, -0.2) is 18.6 Å². The van der Waals surface area contributed by atoms with Crippen LogP contribution in [0.15, 0.2) is 24.3 Å². The van der Waals surface area contributed by atoms with Gasteiger partial charge >= 0.3 is 12.1 Å². The smallest absolute Gasteiger partial charge is 0.401 e. The fourth-order valence-electron chi connectivity index (χ4n) is 3.19. The monoisotopic (exact) mass is 430 g/mol. The summed E-state index contributed by atoms with van der Waals surface area (Å²) in [7, 11) is 0. The zero-order valence-corrected chi connectivity index (χ0v) is 16.0. The highest BCUT2D eigenvalue weighted by atomic mass is 19.4. The van der Waals surface area contributed by atoms with Gasteiger partial charge in [-0.3, -0.25) is 0 Å². The zero-order valence-electron chi connectivity index (χ0n) is 16.0. The molecule has 1 atom stereocenters. The number of carbonyl (C=O) groups is 1. The number of pyridine rings is 1. The second-order valence-electron chi connectivity index (χ2n) is 6.71. The summed E-state index contributed by atoms with van der Waals surface area (Å²) < 4.78 is 75.4. The van der Waals surface area contributed by atoms with Crippen molar-refractivity contribution >= 4 is 5.97 Å². The number of benzene rings is 1. The molecule has 1 aliphatic rings. The van der Waals surface area contributed by atoms with Gasteiger partial charge in [0.25, 0.3) is 0 Å². The van der Waals surface area contributed by atoms with Gasteiger partial charge in [-0.15, -0.1) is 0 Å². The first-order valence-electron chi connectivity index (χ1n) is 9.28. The predicted octanol–water partition coefficient (Wildman–Crippen LogP) is 4.05. The number of nitrogens with one attached hydrogen (secondary N) is 1. The summed E-state index contributed by atoms with van der Waals surface area (Å²) in [6, 6.07) is 4.40. The quantitative estimate of drug-likeness (QED) is 0.554. The minimum atomic E-state index is -4.35. The topological polar surface area (TPSA) is 60.5 Å². The molecule has 1 N–H and O–H groups in total. The van der Waals surface area contributed by atoms with Crippen LogP contribution in [0, 0.1) is 11.6 Å². The number of fused-ring (bicyclic) bond motifs is 1. The van der Waals surface area contributed by atoms with E-state index in [1.807, 2.05) is 0 Å². The molecule has 1 aromatic heterocycles. The normalized spacial score (nSPS) is 16.0. The number of esters is 1. The second kappa shape index (κ2) is 8.95. The van der Waals surface area contributed by atoms with E-state index in [4.69, 9.17) is 9.47 Å². The van der Waals surface area contributed by atoms with Gasteiger partial charge in [0.15, 0.2) is 5.69 Å². The van der Waals surface area contributed by atoms with E-state index in [0.717, 1.165) is 12.1 Å². The second-order valence-corrected chi connectivity index (χ2v) is 6.71. The molecule has 5 nitrogen and oxygen atoms in total. The first kappa shape index (κ1) is 21.9. The van der Waals surface area contributed by atoms with Gasteiger partial charge in [0.2, 0.25) is 5.88 Å². The molecule has 0 fully saturated rings. The Balaban J connectivity index is 1.94. The van der Waals surface area contributed by atoms with Crippen LogP contribution in [0.1, 0.15) is 29.4 Å². The minimum absolute atomic E-state index is 0.0179. The summed E-state index contributed by atoms with van der Waals surface area (Å²) in [5.41, 5.74) is 0.693. The highest BCUT2D eigenvalue weighted by Crippen LogP contribution is 2.36. The Hall–Kier alpha value is -2.75. The van der Waals surface area contributed by atoms with Gasteiger partial charge in [0.05, 0.1) is 13.2 Å². The molecule has 162 valence electrons. The molecule has 1 aliphatic heterocycles. The first-order chi connectivity index (χ1) is 14.2. The number of alkyl halides is 3. The summed E-state index contributed by atoms with van der Waals surface area (Å²) in [6.45, 7) is 0.449. The highest BCUT2D eigenvalue weighted by Gasteiger charge is 2.30. The lowest BCUT2D eigenvalue weighted by molar-refractivity contribution is -0.125. The Morgan fingerprint density at radius 2 is 2.03 bits per heavy atom. The molecule has 0 amide bonds. The van der Waals surface area contributed by atoms with Crippen molar-refractivity contribution in [1.82, 2.24) is 10.3 Å². The van der Waals surface area contributed by atoms with Gasteiger partial charge in [0, 0.05) is 23.7 Å². The molecule has 0 radical (unpaired) electrons. The summed E-state index contributed by atoms with van der Waals surface area (Å²) in [6.07, 6.45) is -4.28. The van der Waals surface area contributed by atoms with Gasteiger partial charge in [-0.2, -0.15) is 13.2 Å². The standard InChI is InChI=1S/C20H19F5N2O3/c1-2-29-19(28)17-8-15(13-5-3-11(21)7-16(13)22)14-6-4-12(30-18(14)27-17)9-26-10-20(23,24)25/h3,5,7-8,12,26H,2,4,6,9-10H2,1H3. The van der Waals surface area contributed by atoms with E-state index in [1.165, 1.54) is 12.1 Å². The SMILES string of the molecule is CCOC(=O)c1cc(-c2ccc(F)cc2F)c2c(n1)OC(CNCC(F)(F)F)CC2. The molecule has 2 aromatic rings. The molecular formula is C20H19F5N2O3. The van der Waals surface area contributed by atoms with Crippen molar-refractivity contribution in [2.75, 3.05) is 19.7 Å². The van der Waals surface area contributed by atoms with Gasteiger partial charge < -0.3 is 14.8 Å². The van der Waals surface area contributed by atoms with Crippen LogP contribution in [0.25, 0.3) is 11.1 Å². The van der Waals surface area contributed by atoms with E-state index in [9.17, 15) is 26.7 Å². The number of ether oxygens (including phenoxy) is 2. The molecule has 10 heteroatoms. The molecule has 3 rings (SSSR count). The van der Waals surface area contributed by atoms with Crippen LogP contribution < -0.4 is 10.1 Å². The molecule has 0 saturated carbocycles. The minimum Gasteiger partial charge on any atom is -0.473 e. The predicted molar refractivity (Wildman–Crippen MR) is 97.2 cm³/mol. The summed E-state index contributed by atoms with van der Waals surface area (Å²) in [5, 5.41) is 2.27. The third kappa shape index (κ3) is 5.24. The average molecular weight is 430 g/mol. The average Bonchev–Trinajstić information content (AvgIpc) is 2.66. The highest BCUT2D eigenvalue weighted by molar-refractivity contribution is 5.90. The maximum Gasteiger partial charge on any atom is 0.401 e. The summed E-state index contributed by atoms with van der Waals surface area (Å²) >= 11 is 0. The van der Waals surface area contributed by atoms with Crippen molar-refractivity contribution < 1.29 is 36.2 Å². The van der Waals surface area contributed by atoms with E-state index in [2.05, 4.69) is 10.3 Å². The summed E-state index contributed by atoms with van der Waals surface area (Å²) in [5.74, 6) is -2.32. The van der Waals surface area contributed by atoms with Crippen LogP contribution in [0.3, 0.4) is 0 Å². The molecule has 0 saturated heterocycles. The zero-order chi connectivity index (χ0) is 21.9. The number of rotatable bonds is 6. The third-order valence-electron chi connectivity index (χ3n) is 4.48. The fourth-order valence-corrected chi connectivity index (χ4v) is 3.19. The number of halogens is 5. The molecule has 1 unspecified atom stereocenters. The number of hydrogen-bond acceptors (Lipinski definition) is 5. The van der Waals surface area contributed by atoms with Crippen molar-refractivity contribution in [3.63, 3.8) is 0 Å². The number of carbonyl (C=O) groups excluding carboxylic acids is 1. The summed E-state index contributed by atoms with van der Waals surface area (Å²) in [4.78, 5) is 16.3. The van der Waals surface area contributed by atoms with Crippen molar-refractivity contribution in [2.45, 2.75) is 32.0 Å². The molecule has 30 heavy (non-hydrogen) atoms. The number of hydrogen-bond donors (Lipinski definition) is 1. The lowest BCUT2D eigenvalue weighted by Gasteiger charge is -2.27. The van der Waals surface area contributed by atoms with Gasteiger partial charge in [0.1, 0.15) is 17.7 Å². The number of nitrogens with zero attached hydrogens (tertiary/aromatic N) is 1. The Morgan fingerprint density at radius 3 is 2.70 bits per heavy atom. The van der Waals surface area contributed by atoms with Crippen LogP contribution >= 0.6 is 0 Å². The maximum absolute atomic E-state index is 14.4. The fraction of sp³-hybridized carbons (Fsp3) is 0.400. The van der Waals surface area contributed by atoms with E-state index in [0.29, 0.717) is 24.0 Å². The lowest BCUT2D eigenvalue weighted by Crippen LogP contribution is -2.39. The van der Waals surface area contributed by atoms with Crippen LogP contribution in [-0.2, 0) is 11.2 Å². The Bertz CT molecular complexity index is 933. The van der Waals surface area contributed by atoms with Crippen molar-refractivity contribution in [1.29, 1.82) is 0 Å². The maximum atomic E-state index is 14.4. The van der Waals surface area contributed by atoms with E-state index in [1.54, 1.807) is 6.92 Å². The molecular weight excluding hydrogens is 411 g/mol. The van der Waals surface area contributed by atoms with Crippen molar-refractivity contribution in [3.8, 4) is 17.0 Å². The first-order valence-corrected chi connectivity index (χ1v) is 9.28. The third-order valence-corrected chi connectivity index (χ3v) is 4.48. The van der Waals surface area contributed by atoms with Crippen LogP contribution in [0.5, 0.6) is 5.88 Å². The Kier molecular flexibility index (Phi) is 6.55. The van der Waals surface area contributed by atoms with E-state index in [-0.39, 0.29) is 30.3 Å². The molecule has 1 aromatic carbocycles. The van der Waals surface area contributed by atoms with E-state index < -0.39 is 36.4 Å². The largest absolute Gasteiger partial charge is 0.473 e. The molecule has 0 aliphatic carbocycles. The lowest BCUT2D eigenvalue weighted by atomic mass is 9.94. The van der Waals surface area contributed by atoms with Gasteiger partial charge in [-0.05, 0) is 43.5 Å². The molecule has 0 bridgehead atoms. The van der Waals surface area contributed by atoms with Crippen LogP contribution in [0.2, 0.25) is 0 Å².